The minimum Gasteiger partial charge on any atom is -0.481 e. The quantitative estimate of drug-likeness (QED) is 0.423. The lowest BCUT2D eigenvalue weighted by molar-refractivity contribution is -0.190. The maximum atomic E-state index is 12.9. The SMILES string of the molecule is C[C@H]1[C@H](C)CC[C@]2(C(=O)O)CC[C@]3(C)C(=CC[C@H]4[C@@]5(C)CCC(=O)C(C)(C)[C@@H]5CC[C@]43C)[C@@H]12. The van der Waals surface area contributed by atoms with Crippen LogP contribution >= 0.6 is 0 Å². The van der Waals surface area contributed by atoms with Crippen molar-refractivity contribution in [1.29, 1.82) is 0 Å². The number of carboxylic acids is 1. The fraction of sp³-hybridized carbons (Fsp3) is 0.867. The first kappa shape index (κ1) is 23.6. The van der Waals surface area contributed by atoms with Crippen LogP contribution in [0.5, 0.6) is 0 Å². The molecule has 0 amide bonds. The number of ketones is 1. The van der Waals surface area contributed by atoms with Gasteiger partial charge in [0.25, 0.3) is 0 Å². The first-order valence-electron chi connectivity index (χ1n) is 13.7. The van der Waals surface area contributed by atoms with Crippen molar-refractivity contribution in [3.8, 4) is 0 Å². The summed E-state index contributed by atoms with van der Waals surface area (Å²) < 4.78 is 0. The van der Waals surface area contributed by atoms with Gasteiger partial charge in [-0.05, 0) is 97.2 Å². The molecule has 4 saturated carbocycles. The van der Waals surface area contributed by atoms with Gasteiger partial charge >= 0.3 is 5.97 Å². The number of Topliss-reactive ketones (excluding diaryl/α,β-unsaturated/α-hetero) is 1. The van der Waals surface area contributed by atoms with Gasteiger partial charge in [-0.3, -0.25) is 9.59 Å². The van der Waals surface area contributed by atoms with Crippen molar-refractivity contribution in [2.24, 2.45) is 56.7 Å². The predicted octanol–water partition coefficient (Wildman–Crippen LogP) is 7.30. The number of aliphatic carboxylic acids is 1. The molecule has 3 nitrogen and oxygen atoms in total. The van der Waals surface area contributed by atoms with E-state index in [1.165, 1.54) is 12.0 Å². The maximum Gasteiger partial charge on any atom is 0.310 e. The number of carboxylic acid groups (broad SMARTS) is 1. The lowest BCUT2D eigenvalue weighted by Gasteiger charge is -2.70. The molecule has 9 atom stereocenters. The Morgan fingerprint density at radius 3 is 2.30 bits per heavy atom. The molecular formula is C30H46O3. The summed E-state index contributed by atoms with van der Waals surface area (Å²) >= 11 is 0. The van der Waals surface area contributed by atoms with E-state index < -0.39 is 11.4 Å². The largest absolute Gasteiger partial charge is 0.481 e. The van der Waals surface area contributed by atoms with Crippen LogP contribution in [0.25, 0.3) is 0 Å². The Hall–Kier alpha value is -1.12. The Bertz CT molecular complexity index is 916. The van der Waals surface area contributed by atoms with Crippen LogP contribution in [0.15, 0.2) is 11.6 Å². The highest BCUT2D eigenvalue weighted by atomic mass is 16.4. The summed E-state index contributed by atoms with van der Waals surface area (Å²) in [4.78, 5) is 25.7. The molecule has 0 aromatic heterocycles. The van der Waals surface area contributed by atoms with Crippen molar-refractivity contribution in [3.05, 3.63) is 11.6 Å². The second-order valence-electron chi connectivity index (χ2n) is 14.3. The van der Waals surface area contributed by atoms with E-state index in [1.807, 2.05) is 0 Å². The van der Waals surface area contributed by atoms with E-state index in [-0.39, 0.29) is 27.6 Å². The summed E-state index contributed by atoms with van der Waals surface area (Å²) in [7, 11) is 0. The Morgan fingerprint density at radius 1 is 0.939 bits per heavy atom. The van der Waals surface area contributed by atoms with Gasteiger partial charge in [-0.1, -0.05) is 60.1 Å². The number of carbonyl (C=O) groups is 2. The maximum absolute atomic E-state index is 12.9. The third kappa shape index (κ3) is 2.69. The van der Waals surface area contributed by atoms with E-state index in [2.05, 4.69) is 54.5 Å². The van der Waals surface area contributed by atoms with Crippen LogP contribution in [0.4, 0.5) is 0 Å². The topological polar surface area (TPSA) is 54.4 Å². The molecule has 1 N–H and O–H groups in total. The molecule has 0 unspecified atom stereocenters. The standard InChI is InChI=1S/C30H46O3/c1-18-10-15-30(25(32)33)17-16-28(6)20(24(30)19(18)2)8-9-22-27(5)13-12-23(31)26(3,4)21(27)11-14-29(22,28)7/h8,18-19,21-22,24H,9-17H2,1-7H3,(H,32,33)/t18-,19+,21+,22+,24-,27+,28-,29-,30+/m1/s1. The molecule has 0 aliphatic heterocycles. The monoisotopic (exact) mass is 454 g/mol. The molecule has 33 heavy (non-hydrogen) atoms. The molecule has 4 fully saturated rings. The molecule has 5 aliphatic carbocycles. The van der Waals surface area contributed by atoms with Crippen molar-refractivity contribution in [3.63, 3.8) is 0 Å². The lowest BCUT2D eigenvalue weighted by atomic mass is 9.33. The Labute approximate surface area is 201 Å². The summed E-state index contributed by atoms with van der Waals surface area (Å²) in [6, 6.07) is 0. The third-order valence-corrected chi connectivity index (χ3v) is 13.2. The van der Waals surface area contributed by atoms with Gasteiger partial charge in [-0.15, -0.1) is 0 Å². The Kier molecular flexibility index (Phi) is 4.99. The van der Waals surface area contributed by atoms with E-state index in [9.17, 15) is 14.7 Å². The zero-order chi connectivity index (χ0) is 24.2. The Morgan fingerprint density at radius 2 is 1.64 bits per heavy atom. The average molecular weight is 455 g/mol. The predicted molar refractivity (Wildman–Crippen MR) is 132 cm³/mol. The molecule has 5 rings (SSSR count). The van der Waals surface area contributed by atoms with Gasteiger partial charge < -0.3 is 5.11 Å². The molecule has 0 spiro atoms. The molecule has 0 bridgehead atoms. The third-order valence-electron chi connectivity index (χ3n) is 13.2. The number of carbonyl (C=O) groups excluding carboxylic acids is 1. The van der Waals surface area contributed by atoms with E-state index in [0.29, 0.717) is 29.5 Å². The van der Waals surface area contributed by atoms with Gasteiger partial charge in [0.15, 0.2) is 0 Å². The van der Waals surface area contributed by atoms with Gasteiger partial charge in [0.2, 0.25) is 0 Å². The van der Waals surface area contributed by atoms with E-state index in [4.69, 9.17) is 0 Å². The van der Waals surface area contributed by atoms with Crippen molar-refractivity contribution in [1.82, 2.24) is 0 Å². The molecule has 0 saturated heterocycles. The minimum atomic E-state index is -0.569. The summed E-state index contributed by atoms with van der Waals surface area (Å²) in [6.07, 6.45) is 11.3. The molecule has 0 radical (unpaired) electrons. The fourth-order valence-electron chi connectivity index (χ4n) is 10.7. The number of hydrogen-bond donors (Lipinski definition) is 1. The highest BCUT2D eigenvalue weighted by Gasteiger charge is 2.69. The van der Waals surface area contributed by atoms with Crippen molar-refractivity contribution >= 4 is 11.8 Å². The normalized spacial score (nSPS) is 53.1. The average Bonchev–Trinajstić information content (AvgIpc) is 2.74. The highest BCUT2D eigenvalue weighted by Crippen LogP contribution is 2.75. The van der Waals surface area contributed by atoms with Crippen LogP contribution in [0.3, 0.4) is 0 Å². The van der Waals surface area contributed by atoms with Crippen molar-refractivity contribution in [2.75, 3.05) is 0 Å². The molecule has 3 heteroatoms. The summed E-state index contributed by atoms with van der Waals surface area (Å²) in [5, 5.41) is 10.5. The fourth-order valence-corrected chi connectivity index (χ4v) is 10.7. The second-order valence-corrected chi connectivity index (χ2v) is 14.3. The van der Waals surface area contributed by atoms with Crippen LogP contribution in [0, 0.1) is 56.7 Å². The summed E-state index contributed by atoms with van der Waals surface area (Å²) in [5.41, 5.74) is 1.12. The molecular weight excluding hydrogens is 408 g/mol. The van der Waals surface area contributed by atoms with E-state index >= 15 is 0 Å². The van der Waals surface area contributed by atoms with Gasteiger partial charge in [-0.2, -0.15) is 0 Å². The van der Waals surface area contributed by atoms with Crippen LogP contribution < -0.4 is 0 Å². The molecule has 0 aromatic rings. The smallest absolute Gasteiger partial charge is 0.310 e. The molecule has 5 aliphatic rings. The zero-order valence-corrected chi connectivity index (χ0v) is 22.1. The summed E-state index contributed by atoms with van der Waals surface area (Å²) in [5.74, 6) is 2.10. The molecule has 0 aromatic carbocycles. The van der Waals surface area contributed by atoms with Gasteiger partial charge in [0.05, 0.1) is 5.41 Å². The van der Waals surface area contributed by atoms with Gasteiger partial charge in [0.1, 0.15) is 5.78 Å². The number of rotatable bonds is 1. The van der Waals surface area contributed by atoms with Gasteiger partial charge in [-0.25, -0.2) is 0 Å². The van der Waals surface area contributed by atoms with Crippen LogP contribution in [0.2, 0.25) is 0 Å². The Balaban J connectivity index is 1.62. The van der Waals surface area contributed by atoms with Gasteiger partial charge in [0, 0.05) is 11.8 Å². The highest BCUT2D eigenvalue weighted by molar-refractivity contribution is 5.85. The number of hydrogen-bond acceptors (Lipinski definition) is 2. The first-order valence-corrected chi connectivity index (χ1v) is 13.7. The molecule has 0 heterocycles. The van der Waals surface area contributed by atoms with Crippen LogP contribution in [0.1, 0.15) is 106 Å². The number of fused-ring (bicyclic) bond motifs is 7. The van der Waals surface area contributed by atoms with Crippen LogP contribution in [-0.4, -0.2) is 16.9 Å². The number of allylic oxidation sites excluding steroid dienone is 2. The first-order chi connectivity index (χ1) is 15.3. The summed E-state index contributed by atoms with van der Waals surface area (Å²) in [6.45, 7) is 16.7. The van der Waals surface area contributed by atoms with E-state index in [0.717, 1.165) is 51.4 Å². The molecule has 184 valence electrons. The van der Waals surface area contributed by atoms with Crippen LogP contribution in [-0.2, 0) is 9.59 Å². The van der Waals surface area contributed by atoms with Crippen molar-refractivity contribution in [2.45, 2.75) is 106 Å². The van der Waals surface area contributed by atoms with Crippen molar-refractivity contribution < 1.29 is 14.7 Å². The second kappa shape index (κ2) is 6.97. The lowest BCUT2D eigenvalue weighted by Crippen LogP contribution is -2.65. The minimum absolute atomic E-state index is 0.0600. The van der Waals surface area contributed by atoms with E-state index in [1.54, 1.807) is 0 Å². The zero-order valence-electron chi connectivity index (χ0n) is 22.1.